The lowest BCUT2D eigenvalue weighted by Gasteiger charge is -2.24. The molecule has 0 unspecified atom stereocenters. The summed E-state index contributed by atoms with van der Waals surface area (Å²) in [6, 6.07) is 6.73. The lowest BCUT2D eigenvalue weighted by molar-refractivity contribution is -0.308. The number of benzene rings is 1. The molecule has 132 valence electrons. The Balaban J connectivity index is 2.61. The van der Waals surface area contributed by atoms with Crippen LogP contribution in [-0.2, 0) is 20.7 Å². The Labute approximate surface area is 141 Å². The lowest BCUT2D eigenvalue weighted by atomic mass is 10.1. The van der Waals surface area contributed by atoms with Gasteiger partial charge in [0.25, 0.3) is 0 Å². The van der Waals surface area contributed by atoms with E-state index in [-0.39, 0.29) is 6.42 Å². The van der Waals surface area contributed by atoms with Crippen molar-refractivity contribution in [2.24, 2.45) is 0 Å². The van der Waals surface area contributed by atoms with Crippen LogP contribution in [0.25, 0.3) is 0 Å². The quantitative estimate of drug-likeness (QED) is 0.781. The minimum absolute atomic E-state index is 0.0913. The molecule has 2 N–H and O–H groups in total. The highest BCUT2D eigenvalue weighted by Gasteiger charge is 2.23. The minimum atomic E-state index is -1.39. The van der Waals surface area contributed by atoms with Crippen molar-refractivity contribution in [1.82, 2.24) is 10.6 Å². The first-order valence-electron chi connectivity index (χ1n) is 7.63. The second-order valence-electron chi connectivity index (χ2n) is 6.44. The molecule has 1 rings (SSSR count). The number of hydrogen-bond donors (Lipinski definition) is 2. The number of carboxylic acid groups (broad SMARTS) is 1. The Hall–Kier alpha value is -2.57. The van der Waals surface area contributed by atoms with Crippen LogP contribution in [0.15, 0.2) is 30.3 Å². The number of carbonyl (C=O) groups is 3. The van der Waals surface area contributed by atoms with Crippen molar-refractivity contribution in [2.45, 2.75) is 51.8 Å². The molecule has 0 radical (unpaired) electrons. The summed E-state index contributed by atoms with van der Waals surface area (Å²) in [5.41, 5.74) is 0.0564. The van der Waals surface area contributed by atoms with Gasteiger partial charge in [-0.2, -0.15) is 0 Å². The molecule has 0 heterocycles. The Morgan fingerprint density at radius 2 is 1.71 bits per heavy atom. The van der Waals surface area contributed by atoms with E-state index in [0.717, 1.165) is 5.56 Å². The average Bonchev–Trinajstić information content (AvgIpc) is 2.45. The van der Waals surface area contributed by atoms with Gasteiger partial charge in [0.2, 0.25) is 5.91 Å². The van der Waals surface area contributed by atoms with Gasteiger partial charge in [0, 0.05) is 0 Å². The van der Waals surface area contributed by atoms with Gasteiger partial charge in [-0.15, -0.1) is 0 Å². The summed E-state index contributed by atoms with van der Waals surface area (Å²) in [5, 5.41) is 16.0. The third-order valence-corrected chi connectivity index (χ3v) is 3.01. The normalized spacial score (nSPS) is 13.5. The molecule has 0 aliphatic rings. The highest BCUT2D eigenvalue weighted by Crippen LogP contribution is 2.07. The summed E-state index contributed by atoms with van der Waals surface area (Å²) in [6.07, 6.45) is -0.660. The van der Waals surface area contributed by atoms with E-state index in [1.165, 1.54) is 6.92 Å². The van der Waals surface area contributed by atoms with Crippen LogP contribution in [0.4, 0.5) is 4.79 Å². The first-order valence-corrected chi connectivity index (χ1v) is 7.63. The largest absolute Gasteiger partial charge is 0.548 e. The third kappa shape index (κ3) is 7.13. The minimum Gasteiger partial charge on any atom is -0.548 e. The molecular weight excluding hydrogens is 312 g/mol. The van der Waals surface area contributed by atoms with E-state index < -0.39 is 35.7 Å². The van der Waals surface area contributed by atoms with Crippen LogP contribution < -0.4 is 15.7 Å². The molecule has 7 heteroatoms. The Kier molecular flexibility index (Phi) is 6.76. The number of carbonyl (C=O) groups excluding carboxylic acids is 3. The van der Waals surface area contributed by atoms with Crippen molar-refractivity contribution in [3.63, 3.8) is 0 Å². The van der Waals surface area contributed by atoms with E-state index in [1.54, 1.807) is 45.0 Å². The molecule has 0 aromatic heterocycles. The van der Waals surface area contributed by atoms with Gasteiger partial charge in [-0.3, -0.25) is 4.79 Å². The molecular formula is C17H23N2O5-. The number of hydrogen-bond acceptors (Lipinski definition) is 5. The van der Waals surface area contributed by atoms with Crippen LogP contribution in [0, 0.1) is 0 Å². The zero-order valence-corrected chi connectivity index (χ0v) is 14.3. The van der Waals surface area contributed by atoms with Gasteiger partial charge in [0.05, 0.1) is 12.0 Å². The Morgan fingerprint density at radius 3 is 2.21 bits per heavy atom. The molecule has 0 spiro atoms. The lowest BCUT2D eigenvalue weighted by Crippen LogP contribution is -2.54. The Bertz CT molecular complexity index is 580. The van der Waals surface area contributed by atoms with Crippen LogP contribution >= 0.6 is 0 Å². The fraction of sp³-hybridized carbons (Fsp3) is 0.471. The van der Waals surface area contributed by atoms with Crippen molar-refractivity contribution < 1.29 is 24.2 Å². The number of ether oxygens (including phenoxy) is 1. The number of aliphatic carboxylic acids is 1. The average molecular weight is 335 g/mol. The SMILES string of the molecule is C[C@H](NC(=O)OC(C)(C)C)C(=O)N[C@@H](Cc1ccccc1)C(=O)[O-]. The smallest absolute Gasteiger partial charge is 0.408 e. The molecule has 7 nitrogen and oxygen atoms in total. The summed E-state index contributed by atoms with van der Waals surface area (Å²) in [6.45, 7) is 6.53. The van der Waals surface area contributed by atoms with Crippen molar-refractivity contribution in [3.8, 4) is 0 Å². The molecule has 1 aromatic rings. The maximum absolute atomic E-state index is 12.1. The van der Waals surface area contributed by atoms with Crippen LogP contribution in [0.2, 0.25) is 0 Å². The number of rotatable bonds is 6. The molecule has 2 amide bonds. The summed E-state index contributed by atoms with van der Waals surface area (Å²) in [5.74, 6) is -2.03. The summed E-state index contributed by atoms with van der Waals surface area (Å²) < 4.78 is 5.05. The van der Waals surface area contributed by atoms with E-state index in [9.17, 15) is 19.5 Å². The monoisotopic (exact) mass is 335 g/mol. The predicted molar refractivity (Wildman–Crippen MR) is 85.9 cm³/mol. The maximum Gasteiger partial charge on any atom is 0.408 e. The van der Waals surface area contributed by atoms with Crippen LogP contribution in [-0.4, -0.2) is 35.7 Å². The molecule has 0 bridgehead atoms. The maximum atomic E-state index is 12.1. The van der Waals surface area contributed by atoms with E-state index in [2.05, 4.69) is 10.6 Å². The van der Waals surface area contributed by atoms with E-state index in [4.69, 9.17) is 4.74 Å². The van der Waals surface area contributed by atoms with E-state index in [1.807, 2.05) is 6.07 Å². The molecule has 0 fully saturated rings. The highest BCUT2D eigenvalue weighted by molar-refractivity contribution is 5.88. The second-order valence-corrected chi connectivity index (χ2v) is 6.44. The molecule has 2 atom stereocenters. The van der Waals surface area contributed by atoms with Gasteiger partial charge in [0.1, 0.15) is 11.6 Å². The number of nitrogens with one attached hydrogen (secondary N) is 2. The zero-order chi connectivity index (χ0) is 18.3. The number of alkyl carbamates (subject to hydrolysis) is 1. The van der Waals surface area contributed by atoms with Crippen molar-refractivity contribution >= 4 is 18.0 Å². The third-order valence-electron chi connectivity index (χ3n) is 3.01. The van der Waals surface area contributed by atoms with Crippen molar-refractivity contribution in [1.29, 1.82) is 0 Å². The number of carboxylic acids is 1. The van der Waals surface area contributed by atoms with Gasteiger partial charge in [0.15, 0.2) is 0 Å². The number of amides is 2. The summed E-state index contributed by atoms with van der Waals surface area (Å²) >= 11 is 0. The van der Waals surface area contributed by atoms with Gasteiger partial charge >= 0.3 is 6.09 Å². The summed E-state index contributed by atoms with van der Waals surface area (Å²) in [4.78, 5) is 35.0. The van der Waals surface area contributed by atoms with Crippen LogP contribution in [0.1, 0.15) is 33.3 Å². The van der Waals surface area contributed by atoms with Crippen LogP contribution in [0.5, 0.6) is 0 Å². The van der Waals surface area contributed by atoms with Crippen LogP contribution in [0.3, 0.4) is 0 Å². The van der Waals surface area contributed by atoms with Crippen molar-refractivity contribution in [2.75, 3.05) is 0 Å². The van der Waals surface area contributed by atoms with Gasteiger partial charge in [-0.1, -0.05) is 30.3 Å². The van der Waals surface area contributed by atoms with Crippen molar-refractivity contribution in [3.05, 3.63) is 35.9 Å². The topological polar surface area (TPSA) is 108 Å². The first kappa shape index (κ1) is 19.5. The standard InChI is InChI=1S/C17H24N2O5/c1-11(18-16(23)24-17(2,3)4)14(20)19-13(15(21)22)10-12-8-6-5-7-9-12/h5-9,11,13H,10H2,1-4H3,(H,18,23)(H,19,20)(H,21,22)/p-1/t11-,13-/m0/s1. The summed E-state index contributed by atoms with van der Waals surface area (Å²) in [7, 11) is 0. The molecule has 0 aliphatic carbocycles. The van der Waals surface area contributed by atoms with E-state index >= 15 is 0 Å². The fourth-order valence-corrected chi connectivity index (χ4v) is 1.89. The molecule has 24 heavy (non-hydrogen) atoms. The fourth-order valence-electron chi connectivity index (χ4n) is 1.89. The van der Waals surface area contributed by atoms with Gasteiger partial charge in [-0.05, 0) is 39.7 Å². The molecule has 0 aliphatic heterocycles. The molecule has 0 saturated carbocycles. The van der Waals surface area contributed by atoms with E-state index in [0.29, 0.717) is 0 Å². The predicted octanol–water partition coefficient (Wildman–Crippen LogP) is 0.377. The second kappa shape index (κ2) is 8.33. The Morgan fingerprint density at radius 1 is 1.12 bits per heavy atom. The highest BCUT2D eigenvalue weighted by atomic mass is 16.6. The molecule has 1 aromatic carbocycles. The first-order chi connectivity index (χ1) is 11.1. The molecule has 0 saturated heterocycles. The van der Waals surface area contributed by atoms with Gasteiger partial charge < -0.3 is 25.3 Å². The zero-order valence-electron chi connectivity index (χ0n) is 14.3. The van der Waals surface area contributed by atoms with Gasteiger partial charge in [-0.25, -0.2) is 4.79 Å².